The Balaban J connectivity index is 2.50. The summed E-state index contributed by atoms with van der Waals surface area (Å²) in [7, 11) is 1.40. The van der Waals surface area contributed by atoms with Crippen molar-refractivity contribution in [3.05, 3.63) is 0 Å². The van der Waals surface area contributed by atoms with Gasteiger partial charge in [0.2, 0.25) is 0 Å². The van der Waals surface area contributed by atoms with Crippen molar-refractivity contribution in [3.63, 3.8) is 0 Å². The molecule has 3 N–H and O–H groups in total. The molecule has 4 atom stereocenters. The average Bonchev–Trinajstić information content (AvgIpc) is 2.05. The smallest absolute Gasteiger partial charge is 0.183 e. The highest BCUT2D eigenvalue weighted by Crippen LogP contribution is 2.20. The molecule has 5 nitrogen and oxygen atoms in total. The van der Waals surface area contributed by atoms with Gasteiger partial charge in [-0.15, -0.1) is 0 Å². The predicted octanol–water partition coefficient (Wildman–Crippen LogP) is -1.54. The van der Waals surface area contributed by atoms with Crippen LogP contribution in [0.1, 0.15) is 6.42 Å². The van der Waals surface area contributed by atoms with Crippen LogP contribution in [-0.4, -0.2) is 53.6 Å². The molecule has 0 aliphatic carbocycles. The summed E-state index contributed by atoms with van der Waals surface area (Å²) >= 11 is 0. The van der Waals surface area contributed by atoms with Crippen LogP contribution in [0.25, 0.3) is 0 Å². The van der Waals surface area contributed by atoms with Crippen LogP contribution >= 0.6 is 0 Å². The quantitative estimate of drug-likeness (QED) is 0.477. The number of rotatable bonds is 2. The second-order valence-corrected chi connectivity index (χ2v) is 2.83. The zero-order chi connectivity index (χ0) is 9.14. The second kappa shape index (κ2) is 4.15. The van der Waals surface area contributed by atoms with E-state index in [1.807, 2.05) is 0 Å². The fourth-order valence-corrected chi connectivity index (χ4v) is 1.24. The van der Waals surface area contributed by atoms with Gasteiger partial charge >= 0.3 is 0 Å². The molecule has 0 aromatic heterocycles. The van der Waals surface area contributed by atoms with Gasteiger partial charge in [0.05, 0.1) is 12.7 Å². The van der Waals surface area contributed by atoms with Gasteiger partial charge in [-0.25, -0.2) is 0 Å². The molecule has 5 heteroatoms. The molecule has 0 spiro atoms. The molecule has 1 aliphatic heterocycles. The fraction of sp³-hybridized carbons (Fsp3) is 1.00. The SMILES string of the molecule is CO[C@@H]1OC(CO)[C@H](O)CC1O. The van der Waals surface area contributed by atoms with Crippen LogP contribution in [-0.2, 0) is 9.47 Å². The molecule has 12 heavy (non-hydrogen) atoms. The summed E-state index contributed by atoms with van der Waals surface area (Å²) < 4.78 is 9.83. The van der Waals surface area contributed by atoms with Crippen molar-refractivity contribution < 1.29 is 24.8 Å². The van der Waals surface area contributed by atoms with E-state index in [1.165, 1.54) is 7.11 Å². The molecule has 0 radical (unpaired) electrons. The number of ether oxygens (including phenoxy) is 2. The summed E-state index contributed by atoms with van der Waals surface area (Å²) in [6, 6.07) is 0. The van der Waals surface area contributed by atoms with Crippen molar-refractivity contribution in [3.8, 4) is 0 Å². The lowest BCUT2D eigenvalue weighted by atomic mass is 10.0. The van der Waals surface area contributed by atoms with Gasteiger partial charge in [0, 0.05) is 13.5 Å². The molecule has 1 fully saturated rings. The maximum Gasteiger partial charge on any atom is 0.183 e. The summed E-state index contributed by atoms with van der Waals surface area (Å²) in [6.07, 6.45) is -2.88. The Bertz CT molecular complexity index is 126. The normalized spacial score (nSPS) is 43.0. The van der Waals surface area contributed by atoms with Gasteiger partial charge in [0.1, 0.15) is 12.2 Å². The third-order valence-corrected chi connectivity index (χ3v) is 1.95. The van der Waals surface area contributed by atoms with E-state index in [1.54, 1.807) is 0 Å². The predicted molar refractivity (Wildman–Crippen MR) is 39.4 cm³/mol. The lowest BCUT2D eigenvalue weighted by Gasteiger charge is -2.35. The minimum atomic E-state index is -0.826. The average molecular weight is 178 g/mol. The lowest BCUT2D eigenvalue weighted by Crippen LogP contribution is -2.49. The van der Waals surface area contributed by atoms with Gasteiger partial charge in [-0.2, -0.15) is 0 Å². The molecular formula is C7H14O5. The first kappa shape index (κ1) is 9.88. The molecule has 0 aromatic rings. The molecule has 0 saturated carbocycles. The fourth-order valence-electron chi connectivity index (χ4n) is 1.24. The first-order valence-corrected chi connectivity index (χ1v) is 3.84. The van der Waals surface area contributed by atoms with Crippen molar-refractivity contribution in [2.24, 2.45) is 0 Å². The third kappa shape index (κ3) is 1.94. The first-order chi connectivity index (χ1) is 5.69. The van der Waals surface area contributed by atoms with Gasteiger partial charge in [-0.05, 0) is 0 Å². The van der Waals surface area contributed by atoms with Crippen molar-refractivity contribution in [2.75, 3.05) is 13.7 Å². The summed E-state index contributed by atoms with van der Waals surface area (Å²) in [6.45, 7) is -0.270. The van der Waals surface area contributed by atoms with Crippen LogP contribution < -0.4 is 0 Å². The standard InChI is InChI=1S/C7H14O5/c1-11-7-5(10)2-4(9)6(3-8)12-7/h4-10H,2-3H2,1H3/t4-,5?,6?,7-/m1/s1. The zero-order valence-electron chi connectivity index (χ0n) is 6.88. The van der Waals surface area contributed by atoms with E-state index in [2.05, 4.69) is 0 Å². The third-order valence-electron chi connectivity index (χ3n) is 1.95. The Kier molecular flexibility index (Phi) is 3.42. The molecule has 0 amide bonds. The van der Waals surface area contributed by atoms with Crippen LogP contribution in [0.5, 0.6) is 0 Å². The Morgan fingerprint density at radius 1 is 1.42 bits per heavy atom. The van der Waals surface area contributed by atoms with E-state index in [0.29, 0.717) is 0 Å². The Morgan fingerprint density at radius 3 is 2.58 bits per heavy atom. The van der Waals surface area contributed by atoms with Gasteiger partial charge in [0.15, 0.2) is 6.29 Å². The minimum absolute atomic E-state index is 0.170. The van der Waals surface area contributed by atoms with Gasteiger partial charge in [0.25, 0.3) is 0 Å². The number of aliphatic hydroxyl groups is 3. The topological polar surface area (TPSA) is 79.2 Å². The summed E-state index contributed by atoms with van der Waals surface area (Å²) in [5.74, 6) is 0. The monoisotopic (exact) mass is 178 g/mol. The number of hydrogen-bond acceptors (Lipinski definition) is 5. The van der Waals surface area contributed by atoms with Crippen molar-refractivity contribution in [2.45, 2.75) is 31.0 Å². The Labute approximate surface area is 70.5 Å². The molecule has 0 aromatic carbocycles. The van der Waals surface area contributed by atoms with Crippen LogP contribution in [0.4, 0.5) is 0 Å². The second-order valence-electron chi connectivity index (χ2n) is 2.83. The molecule has 72 valence electrons. The largest absolute Gasteiger partial charge is 0.394 e. The van der Waals surface area contributed by atoms with Crippen LogP contribution in [0.15, 0.2) is 0 Å². The highest BCUT2D eigenvalue weighted by Gasteiger charge is 2.35. The number of methoxy groups -OCH3 is 1. The number of hydrogen-bond donors (Lipinski definition) is 3. The zero-order valence-corrected chi connectivity index (χ0v) is 6.88. The van der Waals surface area contributed by atoms with E-state index >= 15 is 0 Å². The first-order valence-electron chi connectivity index (χ1n) is 3.84. The van der Waals surface area contributed by atoms with E-state index in [-0.39, 0.29) is 13.0 Å². The van der Waals surface area contributed by atoms with Gasteiger partial charge in [-0.1, -0.05) is 0 Å². The molecule has 2 unspecified atom stereocenters. The van der Waals surface area contributed by atoms with Crippen LogP contribution in [0.3, 0.4) is 0 Å². The minimum Gasteiger partial charge on any atom is -0.394 e. The molecule has 1 saturated heterocycles. The van der Waals surface area contributed by atoms with Crippen LogP contribution in [0.2, 0.25) is 0 Å². The van der Waals surface area contributed by atoms with E-state index < -0.39 is 24.6 Å². The highest BCUT2D eigenvalue weighted by molar-refractivity contribution is 4.80. The Hall–Kier alpha value is -0.200. The van der Waals surface area contributed by atoms with Gasteiger partial charge < -0.3 is 24.8 Å². The molecular weight excluding hydrogens is 164 g/mol. The van der Waals surface area contributed by atoms with Crippen molar-refractivity contribution >= 4 is 0 Å². The maximum atomic E-state index is 9.26. The van der Waals surface area contributed by atoms with E-state index in [4.69, 9.17) is 14.6 Å². The maximum absolute atomic E-state index is 9.26. The highest BCUT2D eigenvalue weighted by atomic mass is 16.7. The lowest BCUT2D eigenvalue weighted by molar-refractivity contribution is -0.261. The molecule has 1 heterocycles. The van der Waals surface area contributed by atoms with E-state index in [0.717, 1.165) is 0 Å². The summed E-state index contributed by atoms with van der Waals surface area (Å²) in [4.78, 5) is 0. The van der Waals surface area contributed by atoms with E-state index in [9.17, 15) is 10.2 Å². The van der Waals surface area contributed by atoms with Crippen molar-refractivity contribution in [1.82, 2.24) is 0 Å². The van der Waals surface area contributed by atoms with Gasteiger partial charge in [-0.3, -0.25) is 0 Å². The summed E-state index contributed by atoms with van der Waals surface area (Å²) in [5, 5.41) is 27.3. The van der Waals surface area contributed by atoms with Crippen molar-refractivity contribution in [1.29, 1.82) is 0 Å². The molecule has 1 aliphatic rings. The number of aliphatic hydroxyl groups excluding tert-OH is 3. The summed E-state index contributed by atoms with van der Waals surface area (Å²) in [5.41, 5.74) is 0. The molecule has 0 bridgehead atoms. The van der Waals surface area contributed by atoms with Crippen LogP contribution in [0, 0.1) is 0 Å². The Morgan fingerprint density at radius 2 is 2.08 bits per heavy atom. The molecule has 1 rings (SSSR count).